The summed E-state index contributed by atoms with van der Waals surface area (Å²) in [6.45, 7) is 4.60. The molecule has 12 atom stereocenters. The van der Waals surface area contributed by atoms with Crippen LogP contribution in [0.15, 0.2) is 231 Å². The van der Waals surface area contributed by atoms with Crippen molar-refractivity contribution in [3.8, 4) is 11.5 Å². The van der Waals surface area contributed by atoms with Crippen molar-refractivity contribution >= 4 is 0 Å². The minimum atomic E-state index is -2.22. The van der Waals surface area contributed by atoms with E-state index >= 15 is 0 Å². The lowest BCUT2D eigenvalue weighted by Crippen LogP contribution is -2.63. The van der Waals surface area contributed by atoms with Gasteiger partial charge in [0.2, 0.25) is 0 Å². The number of hydrogen-bond donors (Lipinski definition) is 1. The molecule has 0 aliphatic carbocycles. The van der Waals surface area contributed by atoms with Crippen LogP contribution in [-0.4, -0.2) is 118 Å². The van der Waals surface area contributed by atoms with Gasteiger partial charge < -0.3 is 71.4 Å². The van der Waals surface area contributed by atoms with E-state index in [1.54, 1.807) is 14.2 Å². The molecule has 0 unspecified atom stereocenters. The van der Waals surface area contributed by atoms with E-state index in [1.165, 1.54) is 0 Å². The van der Waals surface area contributed by atoms with Gasteiger partial charge in [-0.25, -0.2) is 0 Å². The van der Waals surface area contributed by atoms with E-state index in [0.29, 0.717) is 18.1 Å². The van der Waals surface area contributed by atoms with Gasteiger partial charge in [-0.15, -0.1) is 0 Å². The standard InChI is InChI=1S/C74H78O15/c1-72(2)88-67-65(62(85-70(67)89-72)50-83-74(56-33-21-10-22-34-56,57-35-39-59(76-3)40-36-57)58-37-41-60(77-4)42-38-58)87-71-73(75,68(82-47-55-31-19-9-20-32-55)63(86-71)49-79-44-52-25-13-6-14-26-52)69-66(81-46-54-29-17-8-18-30-54)64(80-45-53-27-15-7-16-28-53)61(84-69)48-78-43-51-23-11-5-12-24-51/h5-42,61-71,75H,43-50H2,1-4H3/t61-,62-,63-,64-,65-,66-,67-,68-,69-,70-,71-,73+/m1/s1. The molecule has 8 aromatic carbocycles. The maximum atomic E-state index is 14.8. The Labute approximate surface area is 521 Å². The quantitative estimate of drug-likeness (QED) is 0.0463. The Morgan fingerprint density at radius 3 is 1.31 bits per heavy atom. The van der Waals surface area contributed by atoms with Crippen LogP contribution in [-0.2, 0) is 95.5 Å². The molecule has 4 aliphatic heterocycles. The van der Waals surface area contributed by atoms with Gasteiger partial charge in [-0.05, 0) is 82.6 Å². The number of benzene rings is 8. The summed E-state index contributed by atoms with van der Waals surface area (Å²) in [7, 11) is 3.28. The van der Waals surface area contributed by atoms with Crippen molar-refractivity contribution in [3.05, 3.63) is 275 Å². The van der Waals surface area contributed by atoms with E-state index in [9.17, 15) is 5.11 Å². The number of fused-ring (bicyclic) bond motifs is 1. The Balaban J connectivity index is 0.960. The highest BCUT2D eigenvalue weighted by Gasteiger charge is 2.69. The highest BCUT2D eigenvalue weighted by Crippen LogP contribution is 2.49. The summed E-state index contributed by atoms with van der Waals surface area (Å²) >= 11 is 0. The third kappa shape index (κ3) is 14.2. The molecule has 0 spiro atoms. The van der Waals surface area contributed by atoms with E-state index in [-0.39, 0.29) is 46.2 Å². The van der Waals surface area contributed by atoms with Crippen molar-refractivity contribution < 1.29 is 71.4 Å². The van der Waals surface area contributed by atoms with Crippen LogP contribution >= 0.6 is 0 Å². The third-order valence-corrected chi connectivity index (χ3v) is 16.9. The van der Waals surface area contributed by atoms with Gasteiger partial charge in [-0.3, -0.25) is 0 Å². The third-order valence-electron chi connectivity index (χ3n) is 16.9. The average molecular weight is 1210 g/mol. The monoisotopic (exact) mass is 1210 g/mol. The van der Waals surface area contributed by atoms with Crippen molar-refractivity contribution in [2.75, 3.05) is 34.0 Å². The Bertz CT molecular complexity index is 3360. The Kier molecular flexibility index (Phi) is 20.1. The molecule has 15 nitrogen and oxygen atoms in total. The molecule has 12 rings (SSSR count). The number of aliphatic hydroxyl groups is 1. The molecule has 1 N–H and O–H groups in total. The smallest absolute Gasteiger partial charge is 0.192 e. The van der Waals surface area contributed by atoms with Gasteiger partial charge in [0, 0.05) is 0 Å². The van der Waals surface area contributed by atoms with Crippen LogP contribution in [0.5, 0.6) is 11.5 Å². The number of methoxy groups -OCH3 is 2. The van der Waals surface area contributed by atoms with Crippen molar-refractivity contribution in [1.82, 2.24) is 0 Å². The summed E-state index contributed by atoms with van der Waals surface area (Å²) in [5.74, 6) is 0.271. The Hall–Kier alpha value is -7.16. The summed E-state index contributed by atoms with van der Waals surface area (Å²) in [5, 5.41) is 14.8. The summed E-state index contributed by atoms with van der Waals surface area (Å²) in [6.07, 6.45) is -11.3. The zero-order chi connectivity index (χ0) is 61.1. The fourth-order valence-corrected chi connectivity index (χ4v) is 12.5. The van der Waals surface area contributed by atoms with Gasteiger partial charge in [0.05, 0.1) is 67.1 Å². The van der Waals surface area contributed by atoms with Gasteiger partial charge in [0.15, 0.2) is 24.0 Å². The highest BCUT2D eigenvalue weighted by atomic mass is 16.9. The van der Waals surface area contributed by atoms with Gasteiger partial charge in [0.25, 0.3) is 0 Å². The van der Waals surface area contributed by atoms with Crippen LogP contribution in [0.3, 0.4) is 0 Å². The largest absolute Gasteiger partial charge is 0.497 e. The molecule has 89 heavy (non-hydrogen) atoms. The van der Waals surface area contributed by atoms with Gasteiger partial charge in [-0.2, -0.15) is 0 Å². The first-order valence-corrected chi connectivity index (χ1v) is 30.5. The molecule has 4 fully saturated rings. The molecule has 4 aliphatic rings. The van der Waals surface area contributed by atoms with Crippen LogP contribution in [0.1, 0.15) is 58.4 Å². The van der Waals surface area contributed by atoms with E-state index in [1.807, 2.05) is 244 Å². The van der Waals surface area contributed by atoms with Crippen LogP contribution in [0, 0.1) is 0 Å². The van der Waals surface area contributed by atoms with E-state index in [0.717, 1.165) is 44.5 Å². The molecular weight excluding hydrogens is 1130 g/mol. The Morgan fingerprint density at radius 2 is 0.831 bits per heavy atom. The fourth-order valence-electron chi connectivity index (χ4n) is 12.5. The normalized spacial score (nSPS) is 26.3. The molecule has 0 radical (unpaired) electrons. The number of ether oxygens (including phenoxy) is 14. The number of hydrogen-bond acceptors (Lipinski definition) is 15. The second-order valence-corrected chi connectivity index (χ2v) is 23.3. The minimum absolute atomic E-state index is 0.0218. The summed E-state index contributed by atoms with van der Waals surface area (Å²) in [4.78, 5) is 0. The Morgan fingerprint density at radius 1 is 0.416 bits per heavy atom. The SMILES string of the molecule is COc1ccc(C(OC[C@H]2O[C@@H]3OC(C)(C)O[C@@H]3[C@@H]2O[C@H]2O[C@H](COCc3ccccc3)[C@@H](OCc3ccccc3)[C@]2(O)[C@@H]2O[C@H](COCc3ccccc3)[C@@H](OCc3ccccc3)[C@H]2OCc2ccccc2)(c2ccccc2)c2ccc(OC)cc2)cc1. The second-order valence-electron chi connectivity index (χ2n) is 23.3. The fraction of sp³-hybridized carbons (Fsp3) is 0.351. The van der Waals surface area contributed by atoms with Crippen molar-refractivity contribution in [2.45, 2.75) is 131 Å². The summed E-state index contributed by atoms with van der Waals surface area (Å²) < 4.78 is 95.7. The first-order valence-electron chi connectivity index (χ1n) is 30.5. The maximum absolute atomic E-state index is 14.8. The highest BCUT2D eigenvalue weighted by molar-refractivity contribution is 5.50. The van der Waals surface area contributed by atoms with Gasteiger partial charge >= 0.3 is 0 Å². The van der Waals surface area contributed by atoms with Crippen molar-refractivity contribution in [3.63, 3.8) is 0 Å². The molecule has 464 valence electrons. The van der Waals surface area contributed by atoms with Crippen LogP contribution < -0.4 is 9.47 Å². The van der Waals surface area contributed by atoms with Crippen molar-refractivity contribution in [2.24, 2.45) is 0 Å². The van der Waals surface area contributed by atoms with Crippen LogP contribution in [0.2, 0.25) is 0 Å². The summed E-state index contributed by atoms with van der Waals surface area (Å²) in [5.41, 5.74) is 3.64. The first-order chi connectivity index (χ1) is 43.6. The molecule has 8 aromatic rings. The van der Waals surface area contributed by atoms with E-state index in [4.69, 9.17) is 66.3 Å². The van der Waals surface area contributed by atoms with Crippen molar-refractivity contribution in [1.29, 1.82) is 0 Å². The molecule has 0 saturated carbocycles. The lowest BCUT2D eigenvalue weighted by atomic mass is 9.80. The lowest BCUT2D eigenvalue weighted by molar-refractivity contribution is -0.291. The molecule has 4 heterocycles. The molecule has 4 saturated heterocycles. The molecule has 0 aromatic heterocycles. The topological polar surface area (TPSA) is 149 Å². The zero-order valence-corrected chi connectivity index (χ0v) is 50.6. The predicted octanol–water partition coefficient (Wildman–Crippen LogP) is 11.7. The first kappa shape index (κ1) is 62.1. The van der Waals surface area contributed by atoms with Gasteiger partial charge in [0.1, 0.15) is 72.0 Å². The predicted molar refractivity (Wildman–Crippen MR) is 331 cm³/mol. The minimum Gasteiger partial charge on any atom is -0.497 e. The van der Waals surface area contributed by atoms with E-state index in [2.05, 4.69) is 0 Å². The maximum Gasteiger partial charge on any atom is 0.192 e. The zero-order valence-electron chi connectivity index (χ0n) is 50.6. The molecule has 0 amide bonds. The molecular formula is C74H78O15. The lowest BCUT2D eigenvalue weighted by Gasteiger charge is -2.41. The molecule has 15 heteroatoms. The second kappa shape index (κ2) is 28.8. The van der Waals surface area contributed by atoms with E-state index < -0.39 is 84.5 Å². The molecule has 0 bridgehead atoms. The van der Waals surface area contributed by atoms with Crippen LogP contribution in [0.4, 0.5) is 0 Å². The van der Waals surface area contributed by atoms with Crippen LogP contribution in [0.25, 0.3) is 0 Å². The summed E-state index contributed by atoms with van der Waals surface area (Å²) in [6, 6.07) is 75.1. The average Bonchev–Trinajstić information content (AvgIpc) is 1.68. The number of rotatable bonds is 28. The van der Waals surface area contributed by atoms with Gasteiger partial charge in [-0.1, -0.05) is 206 Å².